The molecule has 5 heteroatoms. The zero-order chi connectivity index (χ0) is 20.0. The second-order valence-corrected chi connectivity index (χ2v) is 8.78. The fraction of sp³-hybridized carbons (Fsp3) is 0.636. The monoisotopic (exact) mass is 376 g/mol. The van der Waals surface area contributed by atoms with Gasteiger partial charge in [-0.3, -0.25) is 9.59 Å². The number of nitrogens with zero attached hydrogens (tertiary/aromatic N) is 1. The lowest BCUT2D eigenvalue weighted by Crippen LogP contribution is -2.44. The first-order chi connectivity index (χ1) is 12.7. The summed E-state index contributed by atoms with van der Waals surface area (Å²) in [6, 6.07) is 6.23. The van der Waals surface area contributed by atoms with Crippen LogP contribution in [0.1, 0.15) is 71.4 Å². The van der Waals surface area contributed by atoms with E-state index in [1.165, 1.54) is 12.1 Å². The summed E-state index contributed by atoms with van der Waals surface area (Å²) in [7, 11) is 0. The molecule has 0 bridgehead atoms. The van der Waals surface area contributed by atoms with E-state index in [0.717, 1.165) is 18.4 Å². The number of carbonyl (C=O) groups is 2. The van der Waals surface area contributed by atoms with Crippen molar-refractivity contribution < 1.29 is 14.0 Å². The minimum absolute atomic E-state index is 0.0300. The molecule has 0 spiro atoms. The van der Waals surface area contributed by atoms with Crippen molar-refractivity contribution >= 4 is 11.8 Å². The fourth-order valence-electron chi connectivity index (χ4n) is 3.61. The maximum absolute atomic E-state index is 13.3. The van der Waals surface area contributed by atoms with Crippen molar-refractivity contribution in [1.82, 2.24) is 10.2 Å². The molecule has 1 atom stereocenters. The average Bonchev–Trinajstić information content (AvgIpc) is 2.61. The van der Waals surface area contributed by atoms with Crippen LogP contribution in [0, 0.1) is 17.2 Å². The SMILES string of the molecule is CCCC(=O)N1CCC(C(=O)NC(CC(C)(C)C)c2ccc(F)cc2)CC1. The van der Waals surface area contributed by atoms with Crippen LogP contribution >= 0.6 is 0 Å². The highest BCUT2D eigenvalue weighted by Gasteiger charge is 2.29. The highest BCUT2D eigenvalue weighted by Crippen LogP contribution is 2.30. The molecule has 1 heterocycles. The van der Waals surface area contributed by atoms with Crippen LogP contribution in [0.4, 0.5) is 4.39 Å². The van der Waals surface area contributed by atoms with Crippen LogP contribution in [0.15, 0.2) is 24.3 Å². The van der Waals surface area contributed by atoms with Crippen LogP contribution < -0.4 is 5.32 Å². The van der Waals surface area contributed by atoms with E-state index >= 15 is 0 Å². The highest BCUT2D eigenvalue weighted by molar-refractivity contribution is 5.80. The van der Waals surface area contributed by atoms with Crippen molar-refractivity contribution in [2.24, 2.45) is 11.3 Å². The smallest absolute Gasteiger partial charge is 0.223 e. The van der Waals surface area contributed by atoms with Gasteiger partial charge < -0.3 is 10.2 Å². The van der Waals surface area contributed by atoms with Gasteiger partial charge in [0.1, 0.15) is 5.82 Å². The molecule has 27 heavy (non-hydrogen) atoms. The number of likely N-dealkylation sites (tertiary alicyclic amines) is 1. The lowest BCUT2D eigenvalue weighted by Gasteiger charge is -2.33. The van der Waals surface area contributed by atoms with Crippen molar-refractivity contribution in [3.05, 3.63) is 35.6 Å². The summed E-state index contributed by atoms with van der Waals surface area (Å²) in [5.74, 6) is -0.119. The van der Waals surface area contributed by atoms with E-state index in [9.17, 15) is 14.0 Å². The Bertz CT molecular complexity index is 629. The molecule has 1 N–H and O–H groups in total. The van der Waals surface area contributed by atoms with Crippen LogP contribution in [0.3, 0.4) is 0 Å². The first kappa shape index (κ1) is 21.4. The second-order valence-electron chi connectivity index (χ2n) is 8.78. The van der Waals surface area contributed by atoms with Gasteiger partial charge in [0, 0.05) is 25.4 Å². The number of amides is 2. The van der Waals surface area contributed by atoms with Crippen molar-refractivity contribution in [2.45, 2.75) is 65.8 Å². The normalized spacial score (nSPS) is 16.9. The van der Waals surface area contributed by atoms with Gasteiger partial charge in [0.05, 0.1) is 6.04 Å². The van der Waals surface area contributed by atoms with Crippen LogP contribution in [0.25, 0.3) is 0 Å². The second kappa shape index (κ2) is 9.34. The molecule has 1 unspecified atom stereocenters. The molecular weight excluding hydrogens is 343 g/mol. The first-order valence-electron chi connectivity index (χ1n) is 10.0. The van der Waals surface area contributed by atoms with Gasteiger partial charge >= 0.3 is 0 Å². The van der Waals surface area contributed by atoms with Gasteiger partial charge in [-0.15, -0.1) is 0 Å². The third-order valence-electron chi connectivity index (χ3n) is 5.09. The molecule has 1 fully saturated rings. The Balaban J connectivity index is 1.99. The van der Waals surface area contributed by atoms with Crippen LogP contribution in [0.2, 0.25) is 0 Å². The lowest BCUT2D eigenvalue weighted by molar-refractivity contribution is -0.136. The van der Waals surface area contributed by atoms with Gasteiger partial charge in [-0.25, -0.2) is 4.39 Å². The molecule has 0 aromatic heterocycles. The topological polar surface area (TPSA) is 49.4 Å². The number of nitrogens with one attached hydrogen (secondary N) is 1. The van der Waals surface area contributed by atoms with Crippen molar-refractivity contribution in [2.75, 3.05) is 13.1 Å². The molecule has 2 amide bonds. The Hall–Kier alpha value is -1.91. The standard InChI is InChI=1S/C22H33FN2O2/c1-5-6-20(26)25-13-11-17(12-14-25)21(27)24-19(15-22(2,3)4)16-7-9-18(23)10-8-16/h7-10,17,19H,5-6,11-15H2,1-4H3,(H,24,27). The Morgan fingerprint density at radius 2 is 1.78 bits per heavy atom. The number of rotatable bonds is 6. The summed E-state index contributed by atoms with van der Waals surface area (Å²) in [4.78, 5) is 26.7. The van der Waals surface area contributed by atoms with Crippen LogP contribution in [-0.2, 0) is 9.59 Å². The number of benzene rings is 1. The quantitative estimate of drug-likeness (QED) is 0.797. The minimum Gasteiger partial charge on any atom is -0.349 e. The summed E-state index contributed by atoms with van der Waals surface area (Å²) in [5.41, 5.74) is 0.956. The molecule has 2 rings (SSSR count). The minimum atomic E-state index is -0.274. The van der Waals surface area contributed by atoms with Crippen molar-refractivity contribution in [3.8, 4) is 0 Å². The van der Waals surface area contributed by atoms with E-state index in [4.69, 9.17) is 0 Å². The Morgan fingerprint density at radius 1 is 1.19 bits per heavy atom. The fourth-order valence-corrected chi connectivity index (χ4v) is 3.61. The third-order valence-corrected chi connectivity index (χ3v) is 5.09. The van der Waals surface area contributed by atoms with E-state index in [1.54, 1.807) is 12.1 Å². The number of hydrogen-bond donors (Lipinski definition) is 1. The van der Waals surface area contributed by atoms with E-state index in [1.807, 2.05) is 11.8 Å². The molecule has 150 valence electrons. The predicted molar refractivity (Wildman–Crippen MR) is 106 cm³/mol. The van der Waals surface area contributed by atoms with Gasteiger partial charge in [-0.2, -0.15) is 0 Å². The zero-order valence-corrected chi connectivity index (χ0v) is 17.1. The van der Waals surface area contributed by atoms with E-state index < -0.39 is 0 Å². The largest absolute Gasteiger partial charge is 0.349 e. The zero-order valence-electron chi connectivity index (χ0n) is 17.1. The van der Waals surface area contributed by atoms with E-state index in [-0.39, 0.29) is 35.0 Å². The lowest BCUT2D eigenvalue weighted by atomic mass is 9.85. The van der Waals surface area contributed by atoms with Crippen molar-refractivity contribution in [1.29, 1.82) is 0 Å². The highest BCUT2D eigenvalue weighted by atomic mass is 19.1. The molecule has 1 aliphatic rings. The summed E-state index contributed by atoms with van der Waals surface area (Å²) in [5, 5.41) is 3.18. The number of piperidine rings is 1. The summed E-state index contributed by atoms with van der Waals surface area (Å²) < 4.78 is 13.3. The summed E-state index contributed by atoms with van der Waals surface area (Å²) >= 11 is 0. The molecule has 4 nitrogen and oxygen atoms in total. The molecule has 1 saturated heterocycles. The van der Waals surface area contributed by atoms with Crippen molar-refractivity contribution in [3.63, 3.8) is 0 Å². The maximum Gasteiger partial charge on any atom is 0.223 e. The third kappa shape index (κ3) is 6.64. The van der Waals surface area contributed by atoms with E-state index in [0.29, 0.717) is 32.4 Å². The molecular formula is C22H33FN2O2. The van der Waals surface area contributed by atoms with Gasteiger partial charge in [-0.1, -0.05) is 39.8 Å². The molecule has 0 radical (unpaired) electrons. The number of halogens is 1. The molecule has 1 aliphatic heterocycles. The number of carbonyl (C=O) groups excluding carboxylic acids is 2. The maximum atomic E-state index is 13.3. The average molecular weight is 377 g/mol. The molecule has 0 saturated carbocycles. The Morgan fingerprint density at radius 3 is 2.30 bits per heavy atom. The Kier molecular flexibility index (Phi) is 7.40. The first-order valence-corrected chi connectivity index (χ1v) is 10.0. The van der Waals surface area contributed by atoms with Gasteiger partial charge in [-0.05, 0) is 48.8 Å². The molecule has 0 aliphatic carbocycles. The van der Waals surface area contributed by atoms with Crippen LogP contribution in [-0.4, -0.2) is 29.8 Å². The summed E-state index contributed by atoms with van der Waals surface area (Å²) in [6.45, 7) is 9.70. The molecule has 1 aromatic rings. The van der Waals surface area contributed by atoms with E-state index in [2.05, 4.69) is 26.1 Å². The predicted octanol–water partition coefficient (Wildman–Crippen LogP) is 4.46. The van der Waals surface area contributed by atoms with Gasteiger partial charge in [0.2, 0.25) is 11.8 Å². The Labute approximate surface area is 162 Å². The van der Waals surface area contributed by atoms with Gasteiger partial charge in [0.15, 0.2) is 0 Å². The van der Waals surface area contributed by atoms with Crippen LogP contribution in [0.5, 0.6) is 0 Å². The number of hydrogen-bond acceptors (Lipinski definition) is 2. The molecule has 1 aromatic carbocycles. The summed E-state index contributed by atoms with van der Waals surface area (Å²) in [6.07, 6.45) is 3.61. The van der Waals surface area contributed by atoms with Gasteiger partial charge in [0.25, 0.3) is 0 Å².